The van der Waals surface area contributed by atoms with Gasteiger partial charge in [0.05, 0.1) is 17.1 Å². The number of para-hydroxylation sites is 1. The van der Waals surface area contributed by atoms with Gasteiger partial charge < -0.3 is 15.4 Å². The van der Waals surface area contributed by atoms with Gasteiger partial charge in [0, 0.05) is 11.7 Å². The van der Waals surface area contributed by atoms with Crippen molar-refractivity contribution in [1.29, 1.82) is 0 Å². The molecule has 0 aliphatic carbocycles. The van der Waals surface area contributed by atoms with E-state index in [4.69, 9.17) is 4.74 Å². The van der Waals surface area contributed by atoms with Gasteiger partial charge in [0.2, 0.25) is 0 Å². The summed E-state index contributed by atoms with van der Waals surface area (Å²) in [6, 6.07) is 18.1. The van der Waals surface area contributed by atoms with Crippen LogP contribution in [0, 0.1) is 6.92 Å². The monoisotopic (exact) mass is 452 g/mol. The Labute approximate surface area is 186 Å². The first-order chi connectivity index (χ1) is 15.3. The Bertz CT molecular complexity index is 1290. The maximum absolute atomic E-state index is 13.1. The molecule has 3 aromatic carbocycles. The lowest BCUT2D eigenvalue weighted by Gasteiger charge is -2.15. The number of sulfone groups is 1. The lowest BCUT2D eigenvalue weighted by Crippen LogP contribution is -2.38. The van der Waals surface area contributed by atoms with Gasteiger partial charge in [0.1, 0.15) is 5.75 Å². The summed E-state index contributed by atoms with van der Waals surface area (Å²) in [7, 11) is -3.09. The summed E-state index contributed by atoms with van der Waals surface area (Å²) in [5.41, 5.74) is 1.93. The van der Waals surface area contributed by atoms with Crippen molar-refractivity contribution in [3.05, 3.63) is 71.8 Å². The van der Waals surface area contributed by atoms with Crippen molar-refractivity contribution in [2.24, 2.45) is 0 Å². The summed E-state index contributed by atoms with van der Waals surface area (Å²) in [4.78, 5) is 25.4. The number of anilines is 1. The maximum Gasteiger partial charge on any atom is 0.259 e. The van der Waals surface area contributed by atoms with Crippen molar-refractivity contribution < 1.29 is 22.7 Å². The van der Waals surface area contributed by atoms with Gasteiger partial charge in [-0.1, -0.05) is 42.5 Å². The maximum atomic E-state index is 13.1. The van der Waals surface area contributed by atoms with Gasteiger partial charge in [0.25, 0.3) is 11.8 Å². The normalized spacial score (nSPS) is 17.1. The summed E-state index contributed by atoms with van der Waals surface area (Å²) < 4.78 is 28.9. The molecule has 4 rings (SSSR count). The van der Waals surface area contributed by atoms with Crippen LogP contribution in [0.2, 0.25) is 0 Å². The summed E-state index contributed by atoms with van der Waals surface area (Å²) in [6.07, 6.45) is 0.397. The van der Waals surface area contributed by atoms with Crippen LogP contribution < -0.4 is 15.4 Å². The summed E-state index contributed by atoms with van der Waals surface area (Å²) >= 11 is 0. The van der Waals surface area contributed by atoms with E-state index in [9.17, 15) is 18.0 Å². The second kappa shape index (κ2) is 9.00. The van der Waals surface area contributed by atoms with E-state index in [0.29, 0.717) is 17.7 Å². The summed E-state index contributed by atoms with van der Waals surface area (Å²) in [5.74, 6) is -0.470. The van der Waals surface area contributed by atoms with Crippen molar-refractivity contribution >= 4 is 38.1 Å². The highest BCUT2D eigenvalue weighted by Crippen LogP contribution is 2.27. The molecule has 0 radical (unpaired) electrons. The van der Waals surface area contributed by atoms with Gasteiger partial charge in [0.15, 0.2) is 16.4 Å². The average Bonchev–Trinajstić information content (AvgIpc) is 3.11. The molecule has 1 aliphatic rings. The lowest BCUT2D eigenvalue weighted by molar-refractivity contribution is -0.123. The number of rotatable bonds is 6. The topological polar surface area (TPSA) is 102 Å². The van der Waals surface area contributed by atoms with Crippen LogP contribution >= 0.6 is 0 Å². The standard InChI is InChI=1S/C24H24N2O5S/c1-16-6-2-5-9-21(16)26-24(28)20-12-17-7-3-4-8-18(17)13-22(20)31-14-23(27)25-19-10-11-32(29,30)15-19/h2-9,12-13,19H,10-11,14-15H2,1H3,(H,25,27)(H,26,28)/t19-/m0/s1. The fraction of sp³-hybridized carbons (Fsp3) is 0.250. The van der Waals surface area contributed by atoms with Crippen molar-refractivity contribution in [1.82, 2.24) is 5.32 Å². The van der Waals surface area contributed by atoms with Crippen LogP contribution in [0.1, 0.15) is 22.3 Å². The molecule has 1 atom stereocenters. The average molecular weight is 453 g/mol. The highest BCUT2D eigenvalue weighted by Gasteiger charge is 2.29. The van der Waals surface area contributed by atoms with E-state index in [2.05, 4.69) is 10.6 Å². The van der Waals surface area contributed by atoms with Crippen LogP contribution in [0.4, 0.5) is 5.69 Å². The minimum atomic E-state index is -3.09. The largest absolute Gasteiger partial charge is 0.483 e. The Hall–Kier alpha value is -3.39. The van der Waals surface area contributed by atoms with E-state index < -0.39 is 21.8 Å². The van der Waals surface area contributed by atoms with E-state index in [1.807, 2.05) is 55.5 Å². The minimum absolute atomic E-state index is 0.0567. The summed E-state index contributed by atoms with van der Waals surface area (Å²) in [6.45, 7) is 1.58. The molecular weight excluding hydrogens is 428 g/mol. The first-order valence-electron chi connectivity index (χ1n) is 10.3. The molecule has 2 amide bonds. The van der Waals surface area contributed by atoms with Crippen LogP contribution in [-0.2, 0) is 14.6 Å². The molecule has 1 heterocycles. The van der Waals surface area contributed by atoms with Crippen molar-refractivity contribution in [2.45, 2.75) is 19.4 Å². The van der Waals surface area contributed by atoms with Gasteiger partial charge in [-0.2, -0.15) is 0 Å². The third-order valence-electron chi connectivity index (χ3n) is 5.44. The Morgan fingerprint density at radius 3 is 2.41 bits per heavy atom. The molecule has 1 fully saturated rings. The number of carbonyl (C=O) groups is 2. The quantitative estimate of drug-likeness (QED) is 0.599. The summed E-state index contributed by atoms with van der Waals surface area (Å²) in [5, 5.41) is 7.34. The van der Waals surface area contributed by atoms with Crippen LogP contribution in [0.15, 0.2) is 60.7 Å². The van der Waals surface area contributed by atoms with Crippen molar-refractivity contribution in [3.8, 4) is 5.75 Å². The zero-order chi connectivity index (χ0) is 22.7. The van der Waals surface area contributed by atoms with E-state index >= 15 is 0 Å². The third-order valence-corrected chi connectivity index (χ3v) is 7.21. The predicted octanol–water partition coefficient (Wildman–Crippen LogP) is 3.08. The van der Waals surface area contributed by atoms with Crippen LogP contribution in [-0.4, -0.2) is 44.4 Å². The molecule has 0 unspecified atom stereocenters. The Morgan fingerprint density at radius 2 is 1.72 bits per heavy atom. The highest BCUT2D eigenvalue weighted by molar-refractivity contribution is 7.91. The second-order valence-corrected chi connectivity index (χ2v) is 10.1. The van der Waals surface area contributed by atoms with Crippen molar-refractivity contribution in [3.63, 3.8) is 0 Å². The molecule has 1 aliphatic heterocycles. The first-order valence-corrected chi connectivity index (χ1v) is 12.2. The molecule has 0 saturated carbocycles. The number of nitrogens with one attached hydrogen (secondary N) is 2. The molecule has 166 valence electrons. The van der Waals surface area contributed by atoms with Gasteiger partial charge >= 0.3 is 0 Å². The molecule has 1 saturated heterocycles. The molecule has 0 spiro atoms. The van der Waals surface area contributed by atoms with E-state index in [1.165, 1.54) is 0 Å². The molecule has 3 aromatic rings. The molecule has 0 bridgehead atoms. The number of ether oxygens (including phenoxy) is 1. The van der Waals surface area contributed by atoms with E-state index in [1.54, 1.807) is 12.1 Å². The first kappa shape index (κ1) is 21.8. The van der Waals surface area contributed by atoms with Crippen LogP contribution in [0.3, 0.4) is 0 Å². The molecule has 2 N–H and O–H groups in total. The third kappa shape index (κ3) is 5.08. The Morgan fingerprint density at radius 1 is 1.03 bits per heavy atom. The van der Waals surface area contributed by atoms with Crippen LogP contribution in [0.25, 0.3) is 10.8 Å². The van der Waals surface area contributed by atoms with Gasteiger partial charge in [-0.3, -0.25) is 9.59 Å². The molecular formula is C24H24N2O5S. The number of aryl methyl sites for hydroxylation is 1. The smallest absolute Gasteiger partial charge is 0.259 e. The number of hydrogen-bond acceptors (Lipinski definition) is 5. The van der Waals surface area contributed by atoms with Crippen LogP contribution in [0.5, 0.6) is 5.75 Å². The SMILES string of the molecule is Cc1ccccc1NC(=O)c1cc2ccccc2cc1OCC(=O)N[C@H]1CCS(=O)(=O)C1. The zero-order valence-electron chi connectivity index (χ0n) is 17.6. The fourth-order valence-electron chi connectivity index (χ4n) is 3.74. The Balaban J connectivity index is 1.53. The lowest BCUT2D eigenvalue weighted by atomic mass is 10.0. The van der Waals surface area contributed by atoms with Gasteiger partial charge in [-0.15, -0.1) is 0 Å². The van der Waals surface area contributed by atoms with E-state index in [-0.39, 0.29) is 29.8 Å². The fourth-order valence-corrected chi connectivity index (χ4v) is 5.41. The molecule has 7 nitrogen and oxygen atoms in total. The zero-order valence-corrected chi connectivity index (χ0v) is 18.4. The second-order valence-electron chi connectivity index (χ2n) is 7.92. The molecule has 8 heteroatoms. The Kier molecular flexibility index (Phi) is 6.14. The van der Waals surface area contributed by atoms with Crippen molar-refractivity contribution in [2.75, 3.05) is 23.4 Å². The van der Waals surface area contributed by atoms with E-state index in [0.717, 1.165) is 16.3 Å². The predicted molar refractivity (Wildman–Crippen MR) is 124 cm³/mol. The van der Waals surface area contributed by atoms with Gasteiger partial charge in [-0.05, 0) is 47.9 Å². The number of benzene rings is 3. The number of hydrogen-bond donors (Lipinski definition) is 2. The van der Waals surface area contributed by atoms with Gasteiger partial charge in [-0.25, -0.2) is 8.42 Å². The highest BCUT2D eigenvalue weighted by atomic mass is 32.2. The molecule has 32 heavy (non-hydrogen) atoms. The minimum Gasteiger partial charge on any atom is -0.483 e. The number of fused-ring (bicyclic) bond motifs is 1. The molecule has 0 aromatic heterocycles. The number of carbonyl (C=O) groups excluding carboxylic acids is 2. The number of amides is 2.